The largest absolute Gasteiger partial charge is 0.325 e. The summed E-state index contributed by atoms with van der Waals surface area (Å²) in [5.74, 6) is 0. The molecule has 0 spiro atoms. The molecule has 2 nitrogen and oxygen atoms in total. The first-order chi connectivity index (χ1) is 4.75. The van der Waals surface area contributed by atoms with E-state index in [0.717, 1.165) is 10.2 Å². The van der Waals surface area contributed by atoms with Gasteiger partial charge in [-0.1, -0.05) is 0 Å². The molecule has 1 aromatic rings. The van der Waals surface area contributed by atoms with Crippen LogP contribution in [-0.4, -0.2) is 4.98 Å². The van der Waals surface area contributed by atoms with Gasteiger partial charge in [0.1, 0.15) is 0 Å². The monoisotopic (exact) mass is 200 g/mol. The molecule has 0 saturated heterocycles. The number of nitrogens with zero attached hydrogens (tertiary/aromatic N) is 1. The van der Waals surface area contributed by atoms with Gasteiger partial charge in [0.05, 0.1) is 5.69 Å². The van der Waals surface area contributed by atoms with Crippen LogP contribution in [-0.2, 0) is 6.54 Å². The van der Waals surface area contributed by atoms with Crippen LogP contribution in [0.25, 0.3) is 0 Å². The molecular weight excluding hydrogens is 192 g/mol. The highest BCUT2D eigenvalue weighted by atomic mass is 79.9. The number of pyridine rings is 1. The van der Waals surface area contributed by atoms with Gasteiger partial charge < -0.3 is 5.73 Å². The van der Waals surface area contributed by atoms with Gasteiger partial charge in [0.2, 0.25) is 0 Å². The van der Waals surface area contributed by atoms with Gasteiger partial charge >= 0.3 is 0 Å². The Morgan fingerprint density at radius 2 is 2.40 bits per heavy atom. The Balaban J connectivity index is 3.14. The summed E-state index contributed by atoms with van der Waals surface area (Å²) in [6.07, 6.45) is 1.77. The zero-order valence-electron chi connectivity index (χ0n) is 5.76. The van der Waals surface area contributed by atoms with Crippen LogP contribution in [0.15, 0.2) is 16.7 Å². The van der Waals surface area contributed by atoms with E-state index in [1.807, 2.05) is 13.0 Å². The molecule has 0 saturated carbocycles. The molecule has 0 bridgehead atoms. The highest BCUT2D eigenvalue weighted by Gasteiger charge is 1.99. The van der Waals surface area contributed by atoms with E-state index in [4.69, 9.17) is 5.73 Å². The zero-order chi connectivity index (χ0) is 7.56. The first-order valence-electron chi connectivity index (χ1n) is 3.05. The quantitative estimate of drug-likeness (QED) is 0.749. The predicted molar refractivity (Wildman–Crippen MR) is 44.6 cm³/mol. The average Bonchev–Trinajstić information content (AvgIpc) is 1.95. The molecule has 1 rings (SSSR count). The second-order valence-corrected chi connectivity index (χ2v) is 2.89. The van der Waals surface area contributed by atoms with Crippen molar-refractivity contribution < 1.29 is 0 Å². The molecule has 1 heterocycles. The summed E-state index contributed by atoms with van der Waals surface area (Å²) in [6.45, 7) is 2.51. The third kappa shape index (κ3) is 1.36. The van der Waals surface area contributed by atoms with Crippen molar-refractivity contribution in [2.24, 2.45) is 5.73 Å². The van der Waals surface area contributed by atoms with Crippen LogP contribution in [0.5, 0.6) is 0 Å². The van der Waals surface area contributed by atoms with E-state index in [2.05, 4.69) is 20.9 Å². The minimum atomic E-state index is 0.488. The van der Waals surface area contributed by atoms with Crippen LogP contribution >= 0.6 is 15.9 Å². The van der Waals surface area contributed by atoms with E-state index in [0.29, 0.717) is 6.54 Å². The number of rotatable bonds is 1. The second-order valence-electron chi connectivity index (χ2n) is 2.09. The maximum absolute atomic E-state index is 5.43. The Morgan fingerprint density at radius 3 is 2.90 bits per heavy atom. The lowest BCUT2D eigenvalue weighted by atomic mass is 10.2. The standard InChI is InChI=1S/C7H9BrN2/c1-5-2-3-10-6(4-9)7(5)8/h2-3H,4,9H2,1H3. The predicted octanol–water partition coefficient (Wildman–Crippen LogP) is 1.61. The molecule has 0 aliphatic rings. The Hall–Kier alpha value is -0.410. The molecule has 0 radical (unpaired) electrons. The first kappa shape index (κ1) is 7.69. The summed E-state index contributed by atoms with van der Waals surface area (Å²) in [5, 5.41) is 0. The summed E-state index contributed by atoms with van der Waals surface area (Å²) in [4.78, 5) is 4.09. The van der Waals surface area contributed by atoms with Gasteiger partial charge in [-0.25, -0.2) is 0 Å². The maximum Gasteiger partial charge on any atom is 0.0683 e. The molecule has 54 valence electrons. The third-order valence-electron chi connectivity index (χ3n) is 1.35. The smallest absolute Gasteiger partial charge is 0.0683 e. The average molecular weight is 201 g/mol. The molecule has 0 unspecified atom stereocenters. The summed E-state index contributed by atoms with van der Waals surface area (Å²) in [7, 11) is 0. The number of aromatic nitrogens is 1. The van der Waals surface area contributed by atoms with Crippen molar-refractivity contribution in [2.75, 3.05) is 0 Å². The molecule has 0 amide bonds. The summed E-state index contributed by atoms with van der Waals surface area (Å²) in [6, 6.07) is 1.95. The van der Waals surface area contributed by atoms with Crippen molar-refractivity contribution in [1.29, 1.82) is 0 Å². The van der Waals surface area contributed by atoms with Crippen LogP contribution in [0, 0.1) is 6.92 Å². The van der Waals surface area contributed by atoms with Crippen LogP contribution < -0.4 is 5.73 Å². The number of halogens is 1. The van der Waals surface area contributed by atoms with E-state index in [9.17, 15) is 0 Å². The molecule has 0 aliphatic carbocycles. The van der Waals surface area contributed by atoms with Gasteiger partial charge in [0.15, 0.2) is 0 Å². The summed E-state index contributed by atoms with van der Waals surface area (Å²) >= 11 is 3.40. The van der Waals surface area contributed by atoms with Crippen LogP contribution in [0.4, 0.5) is 0 Å². The van der Waals surface area contributed by atoms with Crippen molar-refractivity contribution in [3.8, 4) is 0 Å². The first-order valence-corrected chi connectivity index (χ1v) is 3.85. The van der Waals surface area contributed by atoms with Gasteiger partial charge in [0.25, 0.3) is 0 Å². The Labute approximate surface area is 68.6 Å². The summed E-state index contributed by atoms with van der Waals surface area (Å²) in [5.41, 5.74) is 7.52. The second kappa shape index (κ2) is 3.12. The van der Waals surface area contributed by atoms with Crippen LogP contribution in [0.1, 0.15) is 11.3 Å². The normalized spacial score (nSPS) is 9.90. The van der Waals surface area contributed by atoms with Gasteiger partial charge in [-0.3, -0.25) is 4.98 Å². The van der Waals surface area contributed by atoms with E-state index in [1.165, 1.54) is 5.56 Å². The number of hydrogen-bond acceptors (Lipinski definition) is 2. The lowest BCUT2D eigenvalue weighted by Crippen LogP contribution is -2.00. The maximum atomic E-state index is 5.43. The number of hydrogen-bond donors (Lipinski definition) is 1. The number of aryl methyl sites for hydroxylation is 1. The Morgan fingerprint density at radius 1 is 1.70 bits per heavy atom. The SMILES string of the molecule is Cc1ccnc(CN)c1Br. The van der Waals surface area contributed by atoms with Gasteiger partial charge in [-0.2, -0.15) is 0 Å². The van der Waals surface area contributed by atoms with Crippen molar-refractivity contribution in [3.63, 3.8) is 0 Å². The lowest BCUT2D eigenvalue weighted by Gasteiger charge is -2.01. The lowest BCUT2D eigenvalue weighted by molar-refractivity contribution is 0.972. The molecule has 0 aromatic carbocycles. The minimum Gasteiger partial charge on any atom is -0.325 e. The fourth-order valence-electron chi connectivity index (χ4n) is 0.739. The van der Waals surface area contributed by atoms with E-state index in [1.54, 1.807) is 6.20 Å². The fourth-order valence-corrected chi connectivity index (χ4v) is 1.14. The topological polar surface area (TPSA) is 38.9 Å². The molecule has 1 aromatic heterocycles. The van der Waals surface area contributed by atoms with Gasteiger partial charge in [-0.15, -0.1) is 0 Å². The number of nitrogens with two attached hydrogens (primary N) is 1. The minimum absolute atomic E-state index is 0.488. The highest BCUT2D eigenvalue weighted by Crippen LogP contribution is 2.17. The van der Waals surface area contributed by atoms with Crippen molar-refractivity contribution in [2.45, 2.75) is 13.5 Å². The summed E-state index contributed by atoms with van der Waals surface area (Å²) < 4.78 is 1.03. The Kier molecular flexibility index (Phi) is 2.40. The highest BCUT2D eigenvalue weighted by molar-refractivity contribution is 9.10. The fraction of sp³-hybridized carbons (Fsp3) is 0.286. The van der Waals surface area contributed by atoms with Gasteiger partial charge in [-0.05, 0) is 34.5 Å². The van der Waals surface area contributed by atoms with Crippen molar-refractivity contribution >= 4 is 15.9 Å². The molecule has 2 N–H and O–H groups in total. The van der Waals surface area contributed by atoms with E-state index < -0.39 is 0 Å². The molecular formula is C7H9BrN2. The van der Waals surface area contributed by atoms with E-state index >= 15 is 0 Å². The van der Waals surface area contributed by atoms with Crippen LogP contribution in [0.3, 0.4) is 0 Å². The third-order valence-corrected chi connectivity index (χ3v) is 2.43. The zero-order valence-corrected chi connectivity index (χ0v) is 7.35. The molecule has 0 atom stereocenters. The van der Waals surface area contributed by atoms with Crippen molar-refractivity contribution in [3.05, 3.63) is 28.0 Å². The molecule has 10 heavy (non-hydrogen) atoms. The van der Waals surface area contributed by atoms with E-state index in [-0.39, 0.29) is 0 Å². The molecule has 0 fully saturated rings. The molecule has 3 heteroatoms. The molecule has 0 aliphatic heterocycles. The Bertz CT molecular complexity index is 235. The van der Waals surface area contributed by atoms with Gasteiger partial charge in [0, 0.05) is 17.2 Å². The van der Waals surface area contributed by atoms with Crippen molar-refractivity contribution in [1.82, 2.24) is 4.98 Å². The van der Waals surface area contributed by atoms with Crippen LogP contribution in [0.2, 0.25) is 0 Å².